The van der Waals surface area contributed by atoms with Crippen LogP contribution >= 0.6 is 0 Å². The summed E-state index contributed by atoms with van der Waals surface area (Å²) in [6.45, 7) is 0.873. The van der Waals surface area contributed by atoms with Gasteiger partial charge in [-0.25, -0.2) is 0 Å². The van der Waals surface area contributed by atoms with Gasteiger partial charge in [-0.2, -0.15) is 0 Å². The highest BCUT2D eigenvalue weighted by atomic mass is 16.5. The number of hydrogen-bond acceptors (Lipinski definition) is 4. The fourth-order valence-corrected chi connectivity index (χ4v) is 1.30. The Morgan fingerprint density at radius 1 is 1.43 bits per heavy atom. The van der Waals surface area contributed by atoms with Gasteiger partial charge in [0.25, 0.3) is 5.91 Å². The van der Waals surface area contributed by atoms with Crippen LogP contribution < -0.4 is 10.1 Å². The number of nitrogens with one attached hydrogen (secondary N) is 1. The van der Waals surface area contributed by atoms with E-state index >= 15 is 0 Å². The van der Waals surface area contributed by atoms with Crippen LogP contribution in [0, 0.1) is 4.91 Å². The lowest BCUT2D eigenvalue weighted by molar-refractivity contribution is 0.0957. The number of amides is 1. The maximum atomic E-state index is 11.4. The van der Waals surface area contributed by atoms with E-state index in [1.807, 2.05) is 0 Å². The number of carbonyl (C=O) groups excluding carboxylic acids is 1. The Bertz CT molecular complexity index is 390. The summed E-state index contributed by atoms with van der Waals surface area (Å²) in [6, 6.07) is 4.49. The van der Waals surface area contributed by atoms with Gasteiger partial charge in [0.2, 0.25) is 0 Å². The van der Waals surface area contributed by atoms with Crippen LogP contribution in [0.2, 0.25) is 0 Å². The fraction of sp³-hybridized carbons (Fsp3) is 0.222. The zero-order chi connectivity index (χ0) is 9.97. The molecule has 0 fully saturated rings. The van der Waals surface area contributed by atoms with E-state index in [4.69, 9.17) is 4.74 Å². The van der Waals surface area contributed by atoms with E-state index in [-0.39, 0.29) is 11.6 Å². The topological polar surface area (TPSA) is 67.8 Å². The number of nitrogens with zero attached hydrogens (tertiary/aromatic N) is 1. The van der Waals surface area contributed by atoms with Gasteiger partial charge < -0.3 is 10.1 Å². The van der Waals surface area contributed by atoms with Crippen molar-refractivity contribution in [2.75, 3.05) is 13.2 Å². The molecule has 2 rings (SSSR count). The van der Waals surface area contributed by atoms with Crippen molar-refractivity contribution in [3.63, 3.8) is 0 Å². The van der Waals surface area contributed by atoms with Gasteiger partial charge in [-0.15, -0.1) is 4.91 Å². The predicted octanol–water partition coefficient (Wildman–Crippen LogP) is 1.21. The average Bonchev–Trinajstić information content (AvgIpc) is 2.40. The van der Waals surface area contributed by atoms with E-state index < -0.39 is 0 Å². The van der Waals surface area contributed by atoms with Crippen LogP contribution in [-0.4, -0.2) is 19.1 Å². The Labute approximate surface area is 80.0 Å². The van der Waals surface area contributed by atoms with E-state index in [2.05, 4.69) is 10.5 Å². The third kappa shape index (κ3) is 1.44. The molecule has 5 nitrogen and oxygen atoms in total. The van der Waals surface area contributed by atoms with Crippen LogP contribution in [0.15, 0.2) is 23.4 Å². The summed E-state index contributed by atoms with van der Waals surface area (Å²) in [4.78, 5) is 21.7. The Morgan fingerprint density at radius 2 is 2.29 bits per heavy atom. The van der Waals surface area contributed by atoms with Gasteiger partial charge in [0.1, 0.15) is 18.0 Å². The van der Waals surface area contributed by atoms with Gasteiger partial charge in [-0.1, -0.05) is 0 Å². The Balaban J connectivity index is 2.47. The molecule has 0 atom stereocenters. The third-order valence-electron chi connectivity index (χ3n) is 1.96. The Hall–Kier alpha value is -1.91. The largest absolute Gasteiger partial charge is 0.491 e. The van der Waals surface area contributed by atoms with Crippen LogP contribution in [-0.2, 0) is 0 Å². The summed E-state index contributed by atoms with van der Waals surface area (Å²) in [5, 5.41) is 5.44. The molecular formula is C9H8N2O3. The minimum atomic E-state index is -0.185. The zero-order valence-electron chi connectivity index (χ0n) is 7.32. The minimum absolute atomic E-state index is 0.185. The van der Waals surface area contributed by atoms with Crippen molar-refractivity contribution in [1.82, 2.24) is 5.32 Å². The summed E-state index contributed by atoms with van der Waals surface area (Å²) >= 11 is 0. The number of benzene rings is 1. The second-order valence-electron chi connectivity index (χ2n) is 2.88. The van der Waals surface area contributed by atoms with E-state index in [0.29, 0.717) is 24.5 Å². The molecule has 0 unspecified atom stereocenters. The van der Waals surface area contributed by atoms with Crippen molar-refractivity contribution < 1.29 is 9.53 Å². The van der Waals surface area contributed by atoms with Gasteiger partial charge in [0.15, 0.2) is 0 Å². The number of carbonyl (C=O) groups is 1. The molecule has 0 aromatic heterocycles. The molecule has 14 heavy (non-hydrogen) atoms. The average molecular weight is 192 g/mol. The highest BCUT2D eigenvalue weighted by Gasteiger charge is 2.16. The van der Waals surface area contributed by atoms with Crippen LogP contribution in [0.1, 0.15) is 10.4 Å². The molecule has 72 valence electrons. The number of nitroso groups, excluding NO2 is 1. The Kier molecular flexibility index (Phi) is 2.14. The molecule has 0 spiro atoms. The first-order chi connectivity index (χ1) is 6.81. The maximum Gasteiger partial charge on any atom is 0.255 e. The van der Waals surface area contributed by atoms with Crippen LogP contribution in [0.5, 0.6) is 5.75 Å². The number of hydrogen-bond donors (Lipinski definition) is 1. The SMILES string of the molecule is O=Nc1ccc2c(c1)OCCNC2=O. The zero-order valence-corrected chi connectivity index (χ0v) is 7.32. The van der Waals surface area contributed by atoms with Gasteiger partial charge in [0, 0.05) is 6.07 Å². The molecule has 1 aromatic rings. The first kappa shape index (κ1) is 8.68. The Morgan fingerprint density at radius 3 is 3.07 bits per heavy atom. The molecule has 0 saturated carbocycles. The number of fused-ring (bicyclic) bond motifs is 1. The fourth-order valence-electron chi connectivity index (χ4n) is 1.30. The standard InChI is InChI=1S/C9H8N2O3/c12-9-7-2-1-6(11-13)5-8(7)14-4-3-10-9/h1-2,5H,3-4H2,(H,10,12). The third-order valence-corrected chi connectivity index (χ3v) is 1.96. The predicted molar refractivity (Wildman–Crippen MR) is 49.7 cm³/mol. The second-order valence-corrected chi connectivity index (χ2v) is 2.88. The quantitative estimate of drug-likeness (QED) is 0.680. The van der Waals surface area contributed by atoms with E-state index in [1.54, 1.807) is 0 Å². The smallest absolute Gasteiger partial charge is 0.255 e. The van der Waals surface area contributed by atoms with Crippen molar-refractivity contribution in [2.45, 2.75) is 0 Å². The molecule has 1 aromatic carbocycles. The normalized spacial score (nSPS) is 14.7. The second kappa shape index (κ2) is 3.45. The van der Waals surface area contributed by atoms with Gasteiger partial charge >= 0.3 is 0 Å². The van der Waals surface area contributed by atoms with Gasteiger partial charge in [-0.3, -0.25) is 4.79 Å². The molecule has 1 aliphatic heterocycles. The number of ether oxygens (including phenoxy) is 1. The molecule has 0 radical (unpaired) electrons. The molecule has 1 amide bonds. The monoisotopic (exact) mass is 192 g/mol. The lowest BCUT2D eigenvalue weighted by Gasteiger charge is -2.04. The molecule has 1 aliphatic rings. The summed E-state index contributed by atoms with van der Waals surface area (Å²) in [7, 11) is 0. The van der Waals surface area contributed by atoms with Crippen molar-refractivity contribution in [3.8, 4) is 5.75 Å². The molecule has 1 N–H and O–H groups in total. The van der Waals surface area contributed by atoms with Crippen molar-refractivity contribution >= 4 is 11.6 Å². The van der Waals surface area contributed by atoms with Crippen LogP contribution in [0.4, 0.5) is 5.69 Å². The first-order valence-corrected chi connectivity index (χ1v) is 4.19. The van der Waals surface area contributed by atoms with Crippen molar-refractivity contribution in [1.29, 1.82) is 0 Å². The van der Waals surface area contributed by atoms with E-state index in [9.17, 15) is 9.70 Å². The minimum Gasteiger partial charge on any atom is -0.491 e. The molecular weight excluding hydrogens is 184 g/mol. The molecule has 0 bridgehead atoms. The molecule has 0 saturated heterocycles. The molecule has 5 heteroatoms. The van der Waals surface area contributed by atoms with Crippen LogP contribution in [0.3, 0.4) is 0 Å². The summed E-state index contributed by atoms with van der Waals surface area (Å²) in [5.41, 5.74) is 0.702. The van der Waals surface area contributed by atoms with Crippen molar-refractivity contribution in [3.05, 3.63) is 28.7 Å². The van der Waals surface area contributed by atoms with Crippen molar-refractivity contribution in [2.24, 2.45) is 5.18 Å². The summed E-state index contributed by atoms with van der Waals surface area (Å²) < 4.78 is 5.28. The summed E-state index contributed by atoms with van der Waals surface area (Å²) in [5.74, 6) is 0.229. The van der Waals surface area contributed by atoms with Gasteiger partial charge in [0.05, 0.1) is 12.1 Å². The molecule has 1 heterocycles. The van der Waals surface area contributed by atoms with Crippen LogP contribution in [0.25, 0.3) is 0 Å². The lowest BCUT2D eigenvalue weighted by Crippen LogP contribution is -2.24. The first-order valence-electron chi connectivity index (χ1n) is 4.19. The number of rotatable bonds is 1. The molecule has 0 aliphatic carbocycles. The van der Waals surface area contributed by atoms with E-state index in [1.165, 1.54) is 18.2 Å². The summed E-state index contributed by atoms with van der Waals surface area (Å²) in [6.07, 6.45) is 0. The lowest BCUT2D eigenvalue weighted by atomic mass is 10.1. The highest BCUT2D eigenvalue weighted by Crippen LogP contribution is 2.25. The maximum absolute atomic E-state index is 11.4. The van der Waals surface area contributed by atoms with E-state index in [0.717, 1.165) is 0 Å². The van der Waals surface area contributed by atoms with Gasteiger partial charge in [-0.05, 0) is 17.3 Å². The highest BCUT2D eigenvalue weighted by molar-refractivity contribution is 5.97.